The van der Waals surface area contributed by atoms with Gasteiger partial charge in [0.15, 0.2) is 0 Å². The van der Waals surface area contributed by atoms with E-state index >= 15 is 0 Å². The standard InChI is InChI=1S/C15H13ClN2O5/c16-10-1-4-12(5-2-10)23-8-7-15(20)17-13-6-3-11(18(21)22)9-14(13)19/h1-6,9,19H,7-8H2,(H,17,20). The second-order valence-corrected chi connectivity index (χ2v) is 5.00. The van der Waals surface area contributed by atoms with Crippen LogP contribution in [0.4, 0.5) is 11.4 Å². The molecule has 0 aliphatic rings. The first-order chi connectivity index (χ1) is 11.0. The van der Waals surface area contributed by atoms with Crippen molar-refractivity contribution in [3.8, 4) is 11.5 Å². The van der Waals surface area contributed by atoms with Crippen LogP contribution in [0, 0.1) is 10.1 Å². The number of nitro groups is 1. The van der Waals surface area contributed by atoms with Gasteiger partial charge in [0.1, 0.15) is 11.5 Å². The second-order valence-electron chi connectivity index (χ2n) is 4.56. The van der Waals surface area contributed by atoms with Gasteiger partial charge in [-0.05, 0) is 30.3 Å². The molecule has 0 aliphatic carbocycles. The summed E-state index contributed by atoms with van der Waals surface area (Å²) in [5.74, 6) is -0.172. The first-order valence-electron chi connectivity index (χ1n) is 6.61. The number of halogens is 1. The number of ether oxygens (including phenoxy) is 1. The van der Waals surface area contributed by atoms with Crippen LogP contribution >= 0.6 is 11.6 Å². The Balaban J connectivity index is 1.85. The molecule has 2 aromatic rings. The maximum Gasteiger partial charge on any atom is 0.273 e. The lowest BCUT2D eigenvalue weighted by Crippen LogP contribution is -2.15. The van der Waals surface area contributed by atoms with Crippen molar-refractivity contribution in [2.75, 3.05) is 11.9 Å². The molecule has 0 atom stereocenters. The van der Waals surface area contributed by atoms with E-state index in [-0.39, 0.29) is 36.1 Å². The van der Waals surface area contributed by atoms with E-state index in [1.54, 1.807) is 24.3 Å². The number of rotatable bonds is 6. The van der Waals surface area contributed by atoms with E-state index in [0.29, 0.717) is 10.8 Å². The summed E-state index contributed by atoms with van der Waals surface area (Å²) >= 11 is 5.75. The molecule has 0 bridgehead atoms. The number of aromatic hydroxyl groups is 1. The van der Waals surface area contributed by atoms with Crippen molar-refractivity contribution >= 4 is 28.9 Å². The largest absolute Gasteiger partial charge is 0.506 e. The Bertz CT molecular complexity index is 718. The highest BCUT2D eigenvalue weighted by Gasteiger charge is 2.12. The van der Waals surface area contributed by atoms with E-state index < -0.39 is 4.92 Å². The van der Waals surface area contributed by atoms with E-state index in [2.05, 4.69) is 5.32 Å². The molecule has 0 heterocycles. The molecule has 2 N–H and O–H groups in total. The number of amides is 1. The molecule has 1 amide bonds. The highest BCUT2D eigenvalue weighted by molar-refractivity contribution is 6.30. The van der Waals surface area contributed by atoms with E-state index in [1.807, 2.05) is 0 Å². The van der Waals surface area contributed by atoms with Crippen LogP contribution in [-0.2, 0) is 4.79 Å². The molecule has 0 aromatic heterocycles. The number of non-ortho nitro benzene ring substituents is 1. The quantitative estimate of drug-likeness (QED) is 0.478. The van der Waals surface area contributed by atoms with Crippen molar-refractivity contribution in [3.63, 3.8) is 0 Å². The molecule has 2 rings (SSSR count). The Kier molecular flexibility index (Phi) is 5.37. The van der Waals surface area contributed by atoms with Crippen molar-refractivity contribution < 1.29 is 19.6 Å². The molecular weight excluding hydrogens is 324 g/mol. The summed E-state index contributed by atoms with van der Waals surface area (Å²) in [6, 6.07) is 10.1. The minimum absolute atomic E-state index is 0.0546. The van der Waals surface area contributed by atoms with Gasteiger partial charge in [0, 0.05) is 11.1 Å². The van der Waals surface area contributed by atoms with Crippen LogP contribution in [0.3, 0.4) is 0 Å². The molecule has 0 saturated heterocycles. The number of phenolic OH excluding ortho intramolecular Hbond substituents is 1. The van der Waals surface area contributed by atoms with Crippen LogP contribution < -0.4 is 10.1 Å². The number of phenols is 1. The molecule has 2 aromatic carbocycles. The smallest absolute Gasteiger partial charge is 0.273 e. The summed E-state index contributed by atoms with van der Waals surface area (Å²) < 4.78 is 5.38. The first-order valence-corrected chi connectivity index (χ1v) is 6.99. The molecule has 0 saturated carbocycles. The van der Waals surface area contributed by atoms with Crippen molar-refractivity contribution in [3.05, 3.63) is 57.6 Å². The van der Waals surface area contributed by atoms with Crippen LogP contribution in [0.25, 0.3) is 0 Å². The van der Waals surface area contributed by atoms with Crippen molar-refractivity contribution in [1.29, 1.82) is 0 Å². The van der Waals surface area contributed by atoms with Gasteiger partial charge in [-0.3, -0.25) is 14.9 Å². The monoisotopic (exact) mass is 336 g/mol. The summed E-state index contributed by atoms with van der Waals surface area (Å²) in [6.07, 6.45) is 0.0546. The lowest BCUT2D eigenvalue weighted by atomic mass is 10.2. The summed E-state index contributed by atoms with van der Waals surface area (Å²) in [6.45, 7) is 0.140. The minimum Gasteiger partial charge on any atom is -0.506 e. The lowest BCUT2D eigenvalue weighted by molar-refractivity contribution is -0.384. The van der Waals surface area contributed by atoms with Crippen LogP contribution in [0.5, 0.6) is 11.5 Å². The zero-order valence-corrected chi connectivity index (χ0v) is 12.6. The predicted octanol–water partition coefficient (Wildman–Crippen LogP) is 3.36. The normalized spacial score (nSPS) is 10.1. The molecule has 7 nitrogen and oxygen atoms in total. The van der Waals surface area contributed by atoms with Gasteiger partial charge in [0.2, 0.25) is 5.91 Å². The average molecular weight is 337 g/mol. The fourth-order valence-corrected chi connectivity index (χ4v) is 1.87. The number of carbonyl (C=O) groups is 1. The van der Waals surface area contributed by atoms with Gasteiger partial charge >= 0.3 is 0 Å². The van der Waals surface area contributed by atoms with Gasteiger partial charge < -0.3 is 15.2 Å². The first kappa shape index (κ1) is 16.6. The predicted molar refractivity (Wildman–Crippen MR) is 85.0 cm³/mol. The number of benzene rings is 2. The van der Waals surface area contributed by atoms with Gasteiger partial charge in [-0.15, -0.1) is 0 Å². The third kappa shape index (κ3) is 4.86. The molecule has 120 valence electrons. The molecule has 0 aliphatic heterocycles. The van der Waals surface area contributed by atoms with E-state index in [4.69, 9.17) is 16.3 Å². The summed E-state index contributed by atoms with van der Waals surface area (Å²) in [4.78, 5) is 21.7. The Hall–Kier alpha value is -2.80. The fraction of sp³-hybridized carbons (Fsp3) is 0.133. The number of anilines is 1. The zero-order valence-electron chi connectivity index (χ0n) is 11.9. The Morgan fingerprint density at radius 1 is 1.26 bits per heavy atom. The van der Waals surface area contributed by atoms with Gasteiger partial charge in [-0.25, -0.2) is 0 Å². The van der Waals surface area contributed by atoms with Crippen molar-refractivity contribution in [2.45, 2.75) is 6.42 Å². The van der Waals surface area contributed by atoms with Crippen molar-refractivity contribution in [2.24, 2.45) is 0 Å². The Labute approximate surface area is 136 Å². The minimum atomic E-state index is -0.634. The zero-order chi connectivity index (χ0) is 16.8. The molecule has 8 heteroatoms. The molecule has 0 spiro atoms. The second kappa shape index (κ2) is 7.46. The highest BCUT2D eigenvalue weighted by atomic mass is 35.5. The number of nitrogens with one attached hydrogen (secondary N) is 1. The number of nitro benzene ring substituents is 1. The summed E-state index contributed by atoms with van der Waals surface area (Å²) in [7, 11) is 0. The summed E-state index contributed by atoms with van der Waals surface area (Å²) in [5.41, 5.74) is -0.154. The third-order valence-corrected chi connectivity index (χ3v) is 3.13. The maximum absolute atomic E-state index is 11.8. The van der Waals surface area contributed by atoms with E-state index in [0.717, 1.165) is 6.07 Å². The van der Waals surface area contributed by atoms with Crippen LogP contribution in [0.1, 0.15) is 6.42 Å². The molecule has 0 radical (unpaired) electrons. The highest BCUT2D eigenvalue weighted by Crippen LogP contribution is 2.27. The van der Waals surface area contributed by atoms with Gasteiger partial charge in [-0.1, -0.05) is 11.6 Å². The Morgan fingerprint density at radius 3 is 2.57 bits per heavy atom. The number of hydrogen-bond acceptors (Lipinski definition) is 5. The van der Waals surface area contributed by atoms with Crippen LogP contribution in [0.2, 0.25) is 5.02 Å². The van der Waals surface area contributed by atoms with Crippen LogP contribution in [-0.4, -0.2) is 22.5 Å². The number of hydrogen-bond donors (Lipinski definition) is 2. The van der Waals surface area contributed by atoms with Gasteiger partial charge in [0.05, 0.1) is 29.7 Å². The maximum atomic E-state index is 11.8. The number of carbonyl (C=O) groups excluding carboxylic acids is 1. The van der Waals surface area contributed by atoms with Gasteiger partial charge in [0.25, 0.3) is 5.69 Å². The average Bonchev–Trinajstić information content (AvgIpc) is 2.51. The van der Waals surface area contributed by atoms with Crippen LogP contribution in [0.15, 0.2) is 42.5 Å². The van der Waals surface area contributed by atoms with Gasteiger partial charge in [-0.2, -0.15) is 0 Å². The summed E-state index contributed by atoms with van der Waals surface area (Å²) in [5, 5.41) is 23.3. The fourth-order valence-electron chi connectivity index (χ4n) is 1.74. The van der Waals surface area contributed by atoms with E-state index in [1.165, 1.54) is 12.1 Å². The molecule has 23 heavy (non-hydrogen) atoms. The van der Waals surface area contributed by atoms with Crippen molar-refractivity contribution in [1.82, 2.24) is 0 Å². The molecule has 0 fully saturated rings. The molecule has 0 unspecified atom stereocenters. The topological polar surface area (TPSA) is 102 Å². The lowest BCUT2D eigenvalue weighted by Gasteiger charge is -2.08. The van der Waals surface area contributed by atoms with E-state index in [9.17, 15) is 20.0 Å². The third-order valence-electron chi connectivity index (χ3n) is 2.88. The molecular formula is C15H13ClN2O5. The number of nitrogens with zero attached hydrogens (tertiary/aromatic N) is 1. The Morgan fingerprint density at radius 2 is 1.96 bits per heavy atom. The SMILES string of the molecule is O=C(CCOc1ccc(Cl)cc1)Nc1ccc([N+](=O)[O-])cc1O.